The second-order valence-electron chi connectivity index (χ2n) is 5.82. The second kappa shape index (κ2) is 7.25. The van der Waals surface area contributed by atoms with E-state index in [1.54, 1.807) is 0 Å². The fourth-order valence-corrected chi connectivity index (χ4v) is 2.32. The van der Waals surface area contributed by atoms with Gasteiger partial charge in [-0.15, -0.1) is 0 Å². The van der Waals surface area contributed by atoms with Gasteiger partial charge in [-0.05, 0) is 31.4 Å². The molecule has 5 heteroatoms. The lowest BCUT2D eigenvalue weighted by Crippen LogP contribution is -2.08. The lowest BCUT2D eigenvalue weighted by atomic mass is 9.93. The summed E-state index contributed by atoms with van der Waals surface area (Å²) in [6.45, 7) is 4.96. The highest BCUT2D eigenvalue weighted by molar-refractivity contribution is 5.42. The van der Waals surface area contributed by atoms with E-state index in [0.717, 1.165) is 18.2 Å². The van der Waals surface area contributed by atoms with E-state index in [1.807, 2.05) is 37.3 Å². The zero-order chi connectivity index (χ0) is 16.9. The van der Waals surface area contributed by atoms with E-state index in [2.05, 4.69) is 28.3 Å². The summed E-state index contributed by atoms with van der Waals surface area (Å²) in [5.74, 6) is -0.335. The molecule has 0 saturated heterocycles. The van der Waals surface area contributed by atoms with Crippen LogP contribution in [0.25, 0.3) is 0 Å². The van der Waals surface area contributed by atoms with Crippen molar-refractivity contribution in [3.63, 3.8) is 0 Å². The van der Waals surface area contributed by atoms with Crippen molar-refractivity contribution in [3.05, 3.63) is 70.7 Å². The van der Waals surface area contributed by atoms with Crippen LogP contribution in [-0.2, 0) is 6.61 Å². The predicted octanol–water partition coefficient (Wildman–Crippen LogP) is 4.19. The lowest BCUT2D eigenvalue weighted by molar-refractivity contribution is 0.280. The van der Waals surface area contributed by atoms with Crippen LogP contribution < -0.4 is 10.1 Å². The van der Waals surface area contributed by atoms with Crippen LogP contribution in [0.5, 0.6) is 6.01 Å². The minimum atomic E-state index is -0.489. The smallest absolute Gasteiger partial charge is 0.318 e. The quantitative estimate of drug-likeness (QED) is 0.865. The molecule has 1 aliphatic rings. The first-order chi connectivity index (χ1) is 11.6. The number of halogens is 1. The van der Waals surface area contributed by atoms with Gasteiger partial charge in [0.1, 0.15) is 6.61 Å². The van der Waals surface area contributed by atoms with Crippen molar-refractivity contribution < 1.29 is 9.13 Å². The van der Waals surface area contributed by atoms with Crippen molar-refractivity contribution in [2.45, 2.75) is 26.9 Å². The normalized spacial score (nSPS) is 15.0. The molecular formula is C19H20FN3O. The van der Waals surface area contributed by atoms with E-state index >= 15 is 0 Å². The third kappa shape index (κ3) is 3.98. The third-order valence-corrected chi connectivity index (χ3v) is 3.96. The summed E-state index contributed by atoms with van der Waals surface area (Å²) >= 11 is 0. The average molecular weight is 325 g/mol. The fourth-order valence-electron chi connectivity index (χ4n) is 2.32. The van der Waals surface area contributed by atoms with Gasteiger partial charge < -0.3 is 10.1 Å². The van der Waals surface area contributed by atoms with Gasteiger partial charge in [-0.3, -0.25) is 0 Å². The first kappa shape index (κ1) is 16.2. The topological polar surface area (TPSA) is 47.0 Å². The number of hydrogen-bond acceptors (Lipinski definition) is 4. The zero-order valence-corrected chi connectivity index (χ0v) is 13.8. The Balaban J connectivity index is 1.59. The van der Waals surface area contributed by atoms with Crippen LogP contribution >= 0.6 is 0 Å². The number of benzene rings is 1. The highest BCUT2D eigenvalue weighted by atomic mass is 19.1. The van der Waals surface area contributed by atoms with E-state index in [0.29, 0.717) is 13.2 Å². The summed E-state index contributed by atoms with van der Waals surface area (Å²) in [5.41, 5.74) is 4.77. The lowest BCUT2D eigenvalue weighted by Gasteiger charge is -2.15. The van der Waals surface area contributed by atoms with Gasteiger partial charge in [0.15, 0.2) is 11.6 Å². The third-order valence-electron chi connectivity index (χ3n) is 3.96. The first-order valence-corrected chi connectivity index (χ1v) is 7.93. The molecule has 0 spiro atoms. The van der Waals surface area contributed by atoms with E-state index in [1.165, 1.54) is 16.7 Å². The SMILES string of the molecule is CC1=CC/C1=C/CNc1nc(OCc2ccc(C)cc2)ncc1F. The van der Waals surface area contributed by atoms with Crippen LogP contribution in [0.2, 0.25) is 0 Å². The Labute approximate surface area is 141 Å². The van der Waals surface area contributed by atoms with Crippen LogP contribution in [0.15, 0.2) is 53.8 Å². The van der Waals surface area contributed by atoms with Gasteiger partial charge in [0.2, 0.25) is 0 Å². The Kier molecular flexibility index (Phi) is 4.89. The molecule has 0 amide bonds. The van der Waals surface area contributed by atoms with Crippen LogP contribution in [0.1, 0.15) is 24.5 Å². The van der Waals surface area contributed by atoms with Crippen molar-refractivity contribution in [2.24, 2.45) is 0 Å². The van der Waals surface area contributed by atoms with Gasteiger partial charge >= 0.3 is 6.01 Å². The molecular weight excluding hydrogens is 305 g/mol. The molecule has 0 aliphatic heterocycles. The maximum atomic E-state index is 13.8. The van der Waals surface area contributed by atoms with E-state index in [-0.39, 0.29) is 11.8 Å². The molecule has 0 bridgehead atoms. The molecule has 1 heterocycles. The standard InChI is InChI=1S/C19H20FN3O/c1-13-3-6-15(7-4-13)12-24-19-22-11-17(20)18(23-19)21-10-9-16-8-5-14(16)2/h3-7,9,11H,8,10,12H2,1-2H3,(H,21,22,23)/b16-9-. The average Bonchev–Trinajstić information content (AvgIpc) is 2.59. The second-order valence-corrected chi connectivity index (χ2v) is 5.82. The van der Waals surface area contributed by atoms with Gasteiger partial charge in [0.25, 0.3) is 0 Å². The maximum Gasteiger partial charge on any atom is 0.318 e. The Morgan fingerprint density at radius 1 is 1.25 bits per heavy atom. The molecule has 0 radical (unpaired) electrons. The predicted molar refractivity (Wildman–Crippen MR) is 92.4 cm³/mol. The van der Waals surface area contributed by atoms with E-state index in [9.17, 15) is 4.39 Å². The number of ether oxygens (including phenoxy) is 1. The maximum absolute atomic E-state index is 13.8. The number of nitrogens with one attached hydrogen (secondary N) is 1. The number of hydrogen-bond donors (Lipinski definition) is 1. The summed E-state index contributed by atoms with van der Waals surface area (Å²) in [7, 11) is 0. The number of nitrogens with zero attached hydrogens (tertiary/aromatic N) is 2. The molecule has 1 aromatic heterocycles. The zero-order valence-electron chi connectivity index (χ0n) is 13.8. The summed E-state index contributed by atoms with van der Waals surface area (Å²) in [6.07, 6.45) is 6.31. The van der Waals surface area contributed by atoms with Gasteiger partial charge in [-0.1, -0.05) is 47.6 Å². The minimum Gasteiger partial charge on any atom is -0.459 e. The Morgan fingerprint density at radius 2 is 2.04 bits per heavy atom. The van der Waals surface area contributed by atoms with E-state index in [4.69, 9.17) is 4.74 Å². The Bertz CT molecular complexity index is 782. The number of aromatic nitrogens is 2. The Hall–Kier alpha value is -2.69. The fraction of sp³-hybridized carbons (Fsp3) is 0.263. The Morgan fingerprint density at radius 3 is 2.71 bits per heavy atom. The molecule has 124 valence electrons. The van der Waals surface area contributed by atoms with Crippen LogP contribution in [0.4, 0.5) is 10.2 Å². The molecule has 0 atom stereocenters. The summed E-state index contributed by atoms with van der Waals surface area (Å²) in [5, 5.41) is 2.97. The van der Waals surface area contributed by atoms with E-state index < -0.39 is 5.82 Å². The van der Waals surface area contributed by atoms with Crippen LogP contribution in [0.3, 0.4) is 0 Å². The summed E-state index contributed by atoms with van der Waals surface area (Å²) < 4.78 is 19.4. The molecule has 0 saturated carbocycles. The molecule has 0 unspecified atom stereocenters. The molecule has 3 rings (SSSR count). The van der Waals surface area contributed by atoms with Gasteiger partial charge in [0, 0.05) is 6.54 Å². The number of aryl methyl sites for hydroxylation is 1. The molecule has 1 aliphatic carbocycles. The van der Waals surface area contributed by atoms with Crippen molar-refractivity contribution >= 4 is 5.82 Å². The molecule has 4 nitrogen and oxygen atoms in total. The molecule has 0 fully saturated rings. The van der Waals surface area contributed by atoms with Crippen molar-refractivity contribution in [3.8, 4) is 6.01 Å². The van der Waals surface area contributed by atoms with Crippen molar-refractivity contribution in [1.29, 1.82) is 0 Å². The summed E-state index contributed by atoms with van der Waals surface area (Å²) in [4.78, 5) is 7.98. The molecule has 1 aromatic carbocycles. The van der Waals surface area contributed by atoms with Gasteiger partial charge in [0.05, 0.1) is 6.20 Å². The molecule has 24 heavy (non-hydrogen) atoms. The first-order valence-electron chi connectivity index (χ1n) is 7.93. The van der Waals surface area contributed by atoms with Crippen LogP contribution in [0, 0.1) is 12.7 Å². The molecule has 2 aromatic rings. The minimum absolute atomic E-state index is 0.154. The van der Waals surface area contributed by atoms with Gasteiger partial charge in [-0.25, -0.2) is 9.37 Å². The highest BCUT2D eigenvalue weighted by Gasteiger charge is 2.09. The van der Waals surface area contributed by atoms with Crippen LogP contribution in [-0.4, -0.2) is 16.5 Å². The highest BCUT2D eigenvalue weighted by Crippen LogP contribution is 2.24. The van der Waals surface area contributed by atoms with Crippen molar-refractivity contribution in [2.75, 3.05) is 11.9 Å². The van der Waals surface area contributed by atoms with Crippen molar-refractivity contribution in [1.82, 2.24) is 9.97 Å². The number of anilines is 1. The summed E-state index contributed by atoms with van der Waals surface area (Å²) in [6, 6.07) is 8.16. The molecule has 1 N–H and O–H groups in total. The largest absolute Gasteiger partial charge is 0.459 e. The number of allylic oxidation sites excluding steroid dienone is 3. The van der Waals surface area contributed by atoms with Gasteiger partial charge in [-0.2, -0.15) is 4.98 Å². The monoisotopic (exact) mass is 325 g/mol. The number of rotatable bonds is 6.